The van der Waals surface area contributed by atoms with Crippen LogP contribution < -0.4 is 4.90 Å². The number of hydrogen-bond donors (Lipinski definition) is 1. The smallest absolute Gasteiger partial charge is 0.336 e. The number of hydrogen-bond acceptors (Lipinski definition) is 6. The van der Waals surface area contributed by atoms with Gasteiger partial charge in [0.2, 0.25) is 5.13 Å². The fourth-order valence-electron chi connectivity index (χ4n) is 1.28. The van der Waals surface area contributed by atoms with Crippen molar-refractivity contribution in [2.24, 2.45) is 0 Å². The minimum absolute atomic E-state index is 0.0772. The first-order chi connectivity index (χ1) is 8.97. The lowest BCUT2D eigenvalue weighted by Crippen LogP contribution is -2.07. The van der Waals surface area contributed by atoms with Gasteiger partial charge in [-0.05, 0) is 18.2 Å². The lowest BCUT2D eigenvalue weighted by Gasteiger charge is -2.04. The second-order valence-corrected chi connectivity index (χ2v) is 6.04. The van der Waals surface area contributed by atoms with Gasteiger partial charge in [-0.25, -0.2) is 9.18 Å². The highest BCUT2D eigenvalue weighted by Crippen LogP contribution is 2.34. The lowest BCUT2D eigenvalue weighted by molar-refractivity contribution is 0.0692. The fourth-order valence-corrected chi connectivity index (χ4v) is 3.10. The van der Waals surface area contributed by atoms with Crippen molar-refractivity contribution in [3.05, 3.63) is 29.6 Å². The van der Waals surface area contributed by atoms with Gasteiger partial charge in [0.15, 0.2) is 4.34 Å². The van der Waals surface area contributed by atoms with Crippen LogP contribution >= 0.6 is 23.1 Å². The van der Waals surface area contributed by atoms with Crippen LogP contribution in [-0.2, 0) is 0 Å². The van der Waals surface area contributed by atoms with Crippen molar-refractivity contribution in [1.29, 1.82) is 0 Å². The summed E-state index contributed by atoms with van der Waals surface area (Å²) in [6.07, 6.45) is 0. The SMILES string of the molecule is CN(C)c1nnc(Sc2ccc(F)cc2C(=O)O)s1. The Morgan fingerprint density at radius 3 is 2.74 bits per heavy atom. The van der Waals surface area contributed by atoms with Gasteiger partial charge >= 0.3 is 5.97 Å². The molecule has 0 saturated heterocycles. The van der Waals surface area contributed by atoms with E-state index in [1.54, 1.807) is 0 Å². The number of halogens is 1. The predicted octanol–water partition coefficient (Wildman–Crippen LogP) is 2.59. The number of carboxylic acids is 1. The highest BCUT2D eigenvalue weighted by molar-refractivity contribution is 8.01. The topological polar surface area (TPSA) is 66.3 Å². The van der Waals surface area contributed by atoms with Crippen molar-refractivity contribution < 1.29 is 14.3 Å². The maximum Gasteiger partial charge on any atom is 0.336 e. The van der Waals surface area contributed by atoms with Gasteiger partial charge < -0.3 is 10.0 Å². The number of aromatic carboxylic acids is 1. The second-order valence-electron chi connectivity index (χ2n) is 3.79. The summed E-state index contributed by atoms with van der Waals surface area (Å²) < 4.78 is 13.7. The molecule has 0 spiro atoms. The first-order valence-corrected chi connectivity index (χ1v) is 6.82. The third-order valence-corrected chi connectivity index (χ3v) is 4.37. The molecule has 1 aromatic carbocycles. The summed E-state index contributed by atoms with van der Waals surface area (Å²) in [6, 6.07) is 3.65. The van der Waals surface area contributed by atoms with E-state index in [1.165, 1.54) is 23.5 Å². The van der Waals surface area contributed by atoms with E-state index in [-0.39, 0.29) is 5.56 Å². The van der Waals surface area contributed by atoms with E-state index in [0.717, 1.165) is 23.0 Å². The van der Waals surface area contributed by atoms with Crippen LogP contribution in [0.4, 0.5) is 9.52 Å². The molecule has 0 aliphatic rings. The molecule has 0 saturated carbocycles. The van der Waals surface area contributed by atoms with Gasteiger partial charge in [0, 0.05) is 19.0 Å². The Balaban J connectivity index is 2.29. The molecule has 19 heavy (non-hydrogen) atoms. The highest BCUT2D eigenvalue weighted by Gasteiger charge is 2.15. The monoisotopic (exact) mass is 299 g/mol. The van der Waals surface area contributed by atoms with Crippen LogP contribution in [0.3, 0.4) is 0 Å². The molecule has 2 aromatic rings. The van der Waals surface area contributed by atoms with Crippen molar-refractivity contribution in [1.82, 2.24) is 10.2 Å². The number of nitrogens with zero attached hydrogens (tertiary/aromatic N) is 3. The molecule has 5 nitrogen and oxygen atoms in total. The normalized spacial score (nSPS) is 10.5. The molecule has 1 aromatic heterocycles. The quantitative estimate of drug-likeness (QED) is 0.936. The average molecular weight is 299 g/mol. The number of benzene rings is 1. The maximum atomic E-state index is 13.1. The Morgan fingerprint density at radius 2 is 2.16 bits per heavy atom. The highest BCUT2D eigenvalue weighted by atomic mass is 32.2. The van der Waals surface area contributed by atoms with Crippen molar-refractivity contribution in [3.8, 4) is 0 Å². The Kier molecular flexibility index (Phi) is 4.01. The van der Waals surface area contributed by atoms with Crippen LogP contribution in [-0.4, -0.2) is 35.4 Å². The van der Waals surface area contributed by atoms with Gasteiger partial charge in [-0.1, -0.05) is 23.1 Å². The molecule has 0 fully saturated rings. The van der Waals surface area contributed by atoms with E-state index in [1.807, 2.05) is 19.0 Å². The van der Waals surface area contributed by atoms with E-state index in [4.69, 9.17) is 5.11 Å². The van der Waals surface area contributed by atoms with E-state index >= 15 is 0 Å². The predicted molar refractivity (Wildman–Crippen MR) is 71.7 cm³/mol. The largest absolute Gasteiger partial charge is 0.478 e. The average Bonchev–Trinajstić information content (AvgIpc) is 2.80. The first-order valence-electron chi connectivity index (χ1n) is 5.19. The van der Waals surface area contributed by atoms with Crippen LogP contribution in [0.5, 0.6) is 0 Å². The number of carbonyl (C=O) groups is 1. The van der Waals surface area contributed by atoms with Crippen LogP contribution in [0, 0.1) is 5.82 Å². The molecule has 0 amide bonds. The molecule has 2 rings (SSSR count). The van der Waals surface area contributed by atoms with Crippen LogP contribution in [0.15, 0.2) is 27.4 Å². The molecule has 0 atom stereocenters. The summed E-state index contributed by atoms with van der Waals surface area (Å²) in [4.78, 5) is 13.3. The Bertz CT molecular complexity index is 616. The van der Waals surface area contributed by atoms with E-state index < -0.39 is 11.8 Å². The van der Waals surface area contributed by atoms with Crippen LogP contribution in [0.2, 0.25) is 0 Å². The van der Waals surface area contributed by atoms with Gasteiger partial charge in [0.25, 0.3) is 0 Å². The summed E-state index contributed by atoms with van der Waals surface area (Å²) in [5.74, 6) is -1.74. The fraction of sp³-hybridized carbons (Fsp3) is 0.182. The van der Waals surface area contributed by atoms with Crippen molar-refractivity contribution in [3.63, 3.8) is 0 Å². The molecular formula is C11H10FN3O2S2. The van der Waals surface area contributed by atoms with Gasteiger partial charge in [0.1, 0.15) is 5.82 Å². The third kappa shape index (κ3) is 3.21. The molecular weight excluding hydrogens is 289 g/mol. The molecule has 100 valence electrons. The summed E-state index contributed by atoms with van der Waals surface area (Å²) in [7, 11) is 3.69. The zero-order chi connectivity index (χ0) is 14.0. The van der Waals surface area contributed by atoms with Gasteiger partial charge in [-0.3, -0.25) is 0 Å². The Hall–Kier alpha value is -1.67. The minimum atomic E-state index is -1.17. The van der Waals surface area contributed by atoms with E-state index in [0.29, 0.717) is 9.24 Å². The van der Waals surface area contributed by atoms with Gasteiger partial charge in [-0.15, -0.1) is 10.2 Å². The van der Waals surface area contributed by atoms with E-state index in [9.17, 15) is 9.18 Å². The summed E-state index contributed by atoms with van der Waals surface area (Å²) >= 11 is 2.50. The second kappa shape index (κ2) is 5.54. The third-order valence-electron chi connectivity index (χ3n) is 2.15. The first kappa shape index (κ1) is 13.8. The molecule has 0 aliphatic heterocycles. The number of rotatable bonds is 4. The minimum Gasteiger partial charge on any atom is -0.478 e. The molecule has 1 N–H and O–H groups in total. The zero-order valence-electron chi connectivity index (χ0n) is 10.1. The summed E-state index contributed by atoms with van der Waals surface area (Å²) in [6.45, 7) is 0. The van der Waals surface area contributed by atoms with Gasteiger partial charge in [-0.2, -0.15) is 0 Å². The summed E-state index contributed by atoms with van der Waals surface area (Å²) in [5, 5.41) is 17.7. The van der Waals surface area contributed by atoms with Crippen LogP contribution in [0.25, 0.3) is 0 Å². The standard InChI is InChI=1S/C11H10FN3O2S2/c1-15(2)10-13-14-11(19-10)18-8-4-3-6(12)5-7(8)9(16)17/h3-5H,1-2H3,(H,16,17). The molecule has 0 unspecified atom stereocenters. The van der Waals surface area contributed by atoms with Gasteiger partial charge in [0.05, 0.1) is 5.56 Å². The molecule has 8 heteroatoms. The zero-order valence-corrected chi connectivity index (χ0v) is 11.8. The van der Waals surface area contributed by atoms with Crippen LogP contribution in [0.1, 0.15) is 10.4 Å². The maximum absolute atomic E-state index is 13.1. The molecule has 1 heterocycles. The number of anilines is 1. The molecule has 0 radical (unpaired) electrons. The Morgan fingerprint density at radius 1 is 1.42 bits per heavy atom. The van der Waals surface area contributed by atoms with Crippen molar-refractivity contribution in [2.75, 3.05) is 19.0 Å². The molecule has 0 aliphatic carbocycles. The van der Waals surface area contributed by atoms with E-state index in [2.05, 4.69) is 10.2 Å². The number of aromatic nitrogens is 2. The number of carboxylic acid groups (broad SMARTS) is 1. The molecule has 0 bridgehead atoms. The van der Waals surface area contributed by atoms with Crippen molar-refractivity contribution in [2.45, 2.75) is 9.24 Å². The lowest BCUT2D eigenvalue weighted by atomic mass is 10.2. The summed E-state index contributed by atoms with van der Waals surface area (Å²) in [5.41, 5.74) is -0.0772. The Labute approximate surface area is 117 Å². The van der Waals surface area contributed by atoms with Crippen molar-refractivity contribution >= 4 is 34.2 Å².